The number of benzene rings is 1. The first-order valence-corrected chi connectivity index (χ1v) is 9.81. The number of fused-ring (bicyclic) bond motifs is 1. The van der Waals surface area contributed by atoms with Gasteiger partial charge in [-0.15, -0.1) is 0 Å². The normalized spacial score (nSPS) is 23.5. The van der Waals surface area contributed by atoms with Crippen LogP contribution in [0.3, 0.4) is 0 Å². The molecule has 1 aromatic heterocycles. The Labute approximate surface area is 171 Å². The topological polar surface area (TPSA) is 77.4 Å². The third kappa shape index (κ3) is 4.23. The number of methoxy groups -OCH3 is 1. The number of rotatable bonds is 5. The van der Waals surface area contributed by atoms with Gasteiger partial charge in [0.05, 0.1) is 19.3 Å². The number of alkyl halides is 3. The third-order valence-electron chi connectivity index (χ3n) is 5.43. The molecule has 0 aliphatic carbocycles. The molecule has 0 radical (unpaired) electrons. The minimum Gasteiger partial charge on any atom is -0.497 e. The van der Waals surface area contributed by atoms with E-state index in [-0.39, 0.29) is 24.0 Å². The van der Waals surface area contributed by atoms with E-state index in [9.17, 15) is 18.0 Å². The van der Waals surface area contributed by atoms with Crippen molar-refractivity contribution in [2.75, 3.05) is 25.6 Å². The van der Waals surface area contributed by atoms with Crippen LogP contribution in [0.4, 0.5) is 19.0 Å². The van der Waals surface area contributed by atoms with Crippen LogP contribution in [0.15, 0.2) is 30.3 Å². The Morgan fingerprint density at radius 2 is 2.23 bits per heavy atom. The standard InChI is InChI=1S/C20H23F3N4O3/c1-29-13-5-2-4-12(8-13)15-9-17(20(21,22)23)27-18(25-15)10-16(26-27)19(28)24-11-14-6-3-7-30-14/h2,4-5,8,10,14-15,17,25H,3,6-7,9,11H2,1H3,(H,24,28)/t14-,15+,17+/m1/s1. The van der Waals surface area contributed by atoms with E-state index >= 15 is 0 Å². The Kier molecular flexibility index (Phi) is 5.59. The minimum absolute atomic E-state index is 0.0592. The van der Waals surface area contributed by atoms with Crippen LogP contribution in [-0.2, 0) is 4.74 Å². The van der Waals surface area contributed by atoms with E-state index in [0.29, 0.717) is 24.5 Å². The molecule has 2 N–H and O–H groups in total. The van der Waals surface area contributed by atoms with E-state index in [1.807, 2.05) is 0 Å². The maximum Gasteiger partial charge on any atom is 0.410 e. The molecule has 3 heterocycles. The molecule has 1 aromatic carbocycles. The number of aromatic nitrogens is 2. The Morgan fingerprint density at radius 1 is 1.40 bits per heavy atom. The number of nitrogens with one attached hydrogen (secondary N) is 2. The van der Waals surface area contributed by atoms with Gasteiger partial charge in [-0.3, -0.25) is 4.79 Å². The van der Waals surface area contributed by atoms with Crippen molar-refractivity contribution in [2.45, 2.75) is 43.6 Å². The number of anilines is 1. The highest BCUT2D eigenvalue weighted by molar-refractivity contribution is 5.93. The molecule has 0 unspecified atom stereocenters. The van der Waals surface area contributed by atoms with E-state index in [1.165, 1.54) is 13.2 Å². The molecular weight excluding hydrogens is 401 g/mol. The van der Waals surface area contributed by atoms with Crippen LogP contribution in [0, 0.1) is 0 Å². The predicted octanol–water partition coefficient (Wildman–Crippen LogP) is 3.46. The molecule has 10 heteroatoms. The van der Waals surface area contributed by atoms with Crippen LogP contribution in [-0.4, -0.2) is 48.2 Å². The zero-order valence-corrected chi connectivity index (χ0v) is 16.4. The van der Waals surface area contributed by atoms with Crippen LogP contribution in [0.1, 0.15) is 47.4 Å². The highest BCUT2D eigenvalue weighted by Gasteiger charge is 2.46. The van der Waals surface area contributed by atoms with Gasteiger partial charge in [0, 0.05) is 25.6 Å². The molecule has 1 fully saturated rings. The molecule has 1 amide bonds. The van der Waals surface area contributed by atoms with Crippen molar-refractivity contribution in [3.8, 4) is 5.75 Å². The quantitative estimate of drug-likeness (QED) is 0.769. The van der Waals surface area contributed by atoms with Crippen molar-refractivity contribution in [1.29, 1.82) is 0 Å². The van der Waals surface area contributed by atoms with Gasteiger partial charge in [0.2, 0.25) is 0 Å². The summed E-state index contributed by atoms with van der Waals surface area (Å²) in [7, 11) is 1.50. The summed E-state index contributed by atoms with van der Waals surface area (Å²) in [5, 5.41) is 9.74. The van der Waals surface area contributed by atoms with E-state index in [2.05, 4.69) is 15.7 Å². The van der Waals surface area contributed by atoms with Crippen LogP contribution >= 0.6 is 0 Å². The smallest absolute Gasteiger partial charge is 0.410 e. The summed E-state index contributed by atoms with van der Waals surface area (Å²) < 4.78 is 52.9. The van der Waals surface area contributed by atoms with Gasteiger partial charge in [-0.05, 0) is 30.5 Å². The zero-order chi connectivity index (χ0) is 21.3. The number of ether oxygens (including phenoxy) is 2. The highest BCUT2D eigenvalue weighted by Crippen LogP contribution is 2.43. The molecular formula is C20H23F3N4O3. The average Bonchev–Trinajstić information content (AvgIpc) is 3.40. The molecule has 4 rings (SSSR count). The Hall–Kier alpha value is -2.75. The molecule has 30 heavy (non-hydrogen) atoms. The summed E-state index contributed by atoms with van der Waals surface area (Å²) >= 11 is 0. The Balaban J connectivity index is 1.57. The van der Waals surface area contributed by atoms with Gasteiger partial charge in [0.1, 0.15) is 11.6 Å². The molecule has 0 spiro atoms. The molecule has 3 atom stereocenters. The lowest BCUT2D eigenvalue weighted by molar-refractivity contribution is -0.173. The van der Waals surface area contributed by atoms with Gasteiger partial charge in [-0.1, -0.05) is 12.1 Å². The number of halogens is 3. The average molecular weight is 424 g/mol. The second-order valence-electron chi connectivity index (χ2n) is 7.47. The Bertz CT molecular complexity index is 909. The molecule has 2 aromatic rings. The fraction of sp³-hybridized carbons (Fsp3) is 0.500. The summed E-state index contributed by atoms with van der Waals surface area (Å²) in [6.07, 6.45) is -3.04. The number of carbonyl (C=O) groups excluding carboxylic acids is 1. The largest absolute Gasteiger partial charge is 0.497 e. The second kappa shape index (κ2) is 8.17. The minimum atomic E-state index is -4.51. The van der Waals surface area contributed by atoms with E-state index in [0.717, 1.165) is 17.5 Å². The van der Waals surface area contributed by atoms with Crippen molar-refractivity contribution >= 4 is 11.7 Å². The van der Waals surface area contributed by atoms with Crippen LogP contribution in [0.25, 0.3) is 0 Å². The maximum atomic E-state index is 13.8. The SMILES string of the molecule is COc1cccc([C@@H]2C[C@@H](C(F)(F)F)n3nc(C(=O)NC[C@H]4CCCO4)cc3N2)c1. The molecule has 0 saturated carbocycles. The number of hydrogen-bond donors (Lipinski definition) is 2. The predicted molar refractivity (Wildman–Crippen MR) is 103 cm³/mol. The molecule has 0 bridgehead atoms. The number of hydrogen-bond acceptors (Lipinski definition) is 5. The van der Waals surface area contributed by atoms with Crippen LogP contribution < -0.4 is 15.4 Å². The van der Waals surface area contributed by atoms with E-state index in [4.69, 9.17) is 9.47 Å². The van der Waals surface area contributed by atoms with Gasteiger partial charge in [-0.25, -0.2) is 4.68 Å². The number of nitrogens with zero attached hydrogens (tertiary/aromatic N) is 2. The first kappa shape index (κ1) is 20.5. The van der Waals surface area contributed by atoms with E-state index < -0.39 is 24.2 Å². The summed E-state index contributed by atoms with van der Waals surface area (Å²) in [5.74, 6) is 0.192. The van der Waals surface area contributed by atoms with Gasteiger partial charge in [-0.2, -0.15) is 18.3 Å². The summed E-state index contributed by atoms with van der Waals surface area (Å²) in [5.41, 5.74) is 0.608. The third-order valence-corrected chi connectivity index (χ3v) is 5.43. The van der Waals surface area contributed by atoms with E-state index in [1.54, 1.807) is 24.3 Å². The lowest BCUT2D eigenvalue weighted by Crippen LogP contribution is -2.36. The first-order chi connectivity index (χ1) is 14.3. The van der Waals surface area contributed by atoms with Crippen molar-refractivity contribution in [1.82, 2.24) is 15.1 Å². The summed E-state index contributed by atoms with van der Waals surface area (Å²) in [4.78, 5) is 12.4. The second-order valence-corrected chi connectivity index (χ2v) is 7.47. The van der Waals surface area contributed by atoms with Gasteiger partial charge in [0.15, 0.2) is 11.7 Å². The molecule has 7 nitrogen and oxygen atoms in total. The van der Waals surface area contributed by atoms with Gasteiger partial charge < -0.3 is 20.1 Å². The van der Waals surface area contributed by atoms with Crippen molar-refractivity contribution in [3.05, 3.63) is 41.6 Å². The summed E-state index contributed by atoms with van der Waals surface area (Å²) in [6.45, 7) is 0.964. The molecule has 2 aliphatic heterocycles. The number of carbonyl (C=O) groups is 1. The van der Waals surface area contributed by atoms with Crippen LogP contribution in [0.2, 0.25) is 0 Å². The lowest BCUT2D eigenvalue weighted by atomic mass is 9.97. The van der Waals surface area contributed by atoms with Crippen molar-refractivity contribution < 1.29 is 27.4 Å². The maximum absolute atomic E-state index is 13.8. The molecule has 162 valence electrons. The monoisotopic (exact) mass is 424 g/mol. The van der Waals surface area contributed by atoms with Gasteiger partial charge >= 0.3 is 6.18 Å². The van der Waals surface area contributed by atoms with Crippen molar-refractivity contribution in [2.24, 2.45) is 0 Å². The number of amides is 1. The fourth-order valence-corrected chi connectivity index (χ4v) is 3.86. The highest BCUT2D eigenvalue weighted by atomic mass is 19.4. The zero-order valence-electron chi connectivity index (χ0n) is 16.4. The molecule has 2 aliphatic rings. The Morgan fingerprint density at radius 3 is 2.93 bits per heavy atom. The first-order valence-electron chi connectivity index (χ1n) is 9.81. The summed E-state index contributed by atoms with van der Waals surface area (Å²) in [6, 6.07) is 5.82. The van der Waals surface area contributed by atoms with Crippen LogP contribution in [0.5, 0.6) is 5.75 Å². The fourth-order valence-electron chi connectivity index (χ4n) is 3.86. The van der Waals surface area contributed by atoms with Crippen molar-refractivity contribution in [3.63, 3.8) is 0 Å². The molecule has 1 saturated heterocycles. The van der Waals surface area contributed by atoms with Gasteiger partial charge in [0.25, 0.3) is 5.91 Å². The lowest BCUT2D eigenvalue weighted by Gasteiger charge is -2.33.